The normalized spacial score (nSPS) is 18.7. The maximum Gasteiger partial charge on any atom is 0.180 e. The highest BCUT2D eigenvalue weighted by Crippen LogP contribution is 2.36. The van der Waals surface area contributed by atoms with Crippen LogP contribution in [-0.4, -0.2) is 13.2 Å². The molecule has 0 bridgehead atoms. The molecule has 0 aromatic heterocycles. The smallest absolute Gasteiger partial charge is 0.180 e. The van der Waals surface area contributed by atoms with Gasteiger partial charge in [0.05, 0.1) is 18.8 Å². The summed E-state index contributed by atoms with van der Waals surface area (Å²) < 4.78 is 12.2. The zero-order valence-electron chi connectivity index (χ0n) is 15.5. The maximum absolute atomic E-state index is 9.57. The zero-order valence-corrected chi connectivity index (χ0v) is 15.5. The van der Waals surface area contributed by atoms with Gasteiger partial charge < -0.3 is 9.47 Å². The molecule has 0 heterocycles. The predicted octanol–water partition coefficient (Wildman–Crippen LogP) is 5.35. The molecule has 1 aromatic carbocycles. The Hall–Kier alpha value is -2.20. The first kappa shape index (κ1) is 18.6. The van der Waals surface area contributed by atoms with Crippen LogP contribution < -0.4 is 9.47 Å². The Kier molecular flexibility index (Phi) is 6.78. The van der Waals surface area contributed by atoms with Gasteiger partial charge in [-0.15, -0.1) is 0 Å². The van der Waals surface area contributed by atoms with Crippen molar-refractivity contribution < 1.29 is 9.47 Å². The summed E-state index contributed by atoms with van der Waals surface area (Å²) in [7, 11) is 0. The molecule has 0 unspecified atom stereocenters. The lowest BCUT2D eigenvalue weighted by Crippen LogP contribution is -2.18. The lowest BCUT2D eigenvalue weighted by atomic mass is 9.90. The molecular weight excluding hydrogens is 324 g/mol. The fraction of sp³-hybridized carbons (Fsp3) is 0.636. The summed E-state index contributed by atoms with van der Waals surface area (Å²) >= 11 is 0. The van der Waals surface area contributed by atoms with Gasteiger partial charge >= 0.3 is 0 Å². The van der Waals surface area contributed by atoms with Gasteiger partial charge in [-0.25, -0.2) is 0 Å². The van der Waals surface area contributed by atoms with E-state index in [0.717, 1.165) is 0 Å². The molecule has 4 nitrogen and oxygen atoms in total. The van der Waals surface area contributed by atoms with Gasteiger partial charge in [0.25, 0.3) is 0 Å². The molecule has 0 saturated heterocycles. The molecule has 2 fully saturated rings. The van der Waals surface area contributed by atoms with Crippen LogP contribution in [0, 0.1) is 34.5 Å². The van der Waals surface area contributed by atoms with Crippen molar-refractivity contribution in [2.75, 3.05) is 13.2 Å². The third kappa shape index (κ3) is 4.70. The number of rotatable bonds is 6. The van der Waals surface area contributed by atoms with Crippen molar-refractivity contribution in [3.63, 3.8) is 0 Å². The number of hydrogen-bond donors (Lipinski definition) is 0. The van der Waals surface area contributed by atoms with Gasteiger partial charge in [0.1, 0.15) is 17.7 Å². The fourth-order valence-electron chi connectivity index (χ4n) is 4.14. The average Bonchev–Trinajstić information content (AvgIpc) is 2.71. The summed E-state index contributed by atoms with van der Waals surface area (Å²) in [6.07, 6.45) is 12.5. The van der Waals surface area contributed by atoms with E-state index in [4.69, 9.17) is 9.47 Å². The van der Waals surface area contributed by atoms with Crippen LogP contribution in [0.15, 0.2) is 12.1 Å². The summed E-state index contributed by atoms with van der Waals surface area (Å²) in [5.74, 6) is 2.19. The third-order valence-electron chi connectivity index (χ3n) is 5.74. The molecule has 2 aliphatic carbocycles. The van der Waals surface area contributed by atoms with E-state index in [1.807, 2.05) is 0 Å². The average molecular weight is 352 g/mol. The van der Waals surface area contributed by atoms with E-state index in [1.54, 1.807) is 12.1 Å². The highest BCUT2D eigenvalue weighted by Gasteiger charge is 2.21. The first-order valence-electron chi connectivity index (χ1n) is 10.0. The topological polar surface area (TPSA) is 66.0 Å². The summed E-state index contributed by atoms with van der Waals surface area (Å²) in [6, 6.07) is 7.71. The van der Waals surface area contributed by atoms with E-state index in [-0.39, 0.29) is 0 Å². The minimum atomic E-state index is 0.310. The largest absolute Gasteiger partial charge is 0.489 e. The van der Waals surface area contributed by atoms with Crippen molar-refractivity contribution in [3.05, 3.63) is 23.3 Å². The molecular formula is C22H28N2O2. The zero-order chi connectivity index (χ0) is 18.2. The molecule has 2 aliphatic rings. The molecule has 0 N–H and O–H groups in total. The Balaban J connectivity index is 1.73. The molecule has 4 heteroatoms. The van der Waals surface area contributed by atoms with Gasteiger partial charge in [-0.2, -0.15) is 10.5 Å². The molecule has 0 radical (unpaired) electrons. The number of benzene rings is 1. The highest BCUT2D eigenvalue weighted by atomic mass is 16.5. The summed E-state index contributed by atoms with van der Waals surface area (Å²) in [5, 5.41) is 18.9. The summed E-state index contributed by atoms with van der Waals surface area (Å²) in [4.78, 5) is 0. The molecule has 0 amide bonds. The number of ether oxygens (including phenoxy) is 2. The minimum absolute atomic E-state index is 0.310. The molecule has 0 spiro atoms. The van der Waals surface area contributed by atoms with Crippen molar-refractivity contribution in [2.24, 2.45) is 11.8 Å². The number of hydrogen-bond acceptors (Lipinski definition) is 4. The minimum Gasteiger partial charge on any atom is -0.489 e. The molecule has 0 aliphatic heterocycles. The highest BCUT2D eigenvalue weighted by molar-refractivity contribution is 5.60. The summed E-state index contributed by atoms with van der Waals surface area (Å²) in [5.41, 5.74) is 0.667. The Morgan fingerprint density at radius 1 is 0.769 bits per heavy atom. The van der Waals surface area contributed by atoms with Gasteiger partial charge in [0.2, 0.25) is 0 Å². The standard InChI is InChI=1S/C22H28N2O2/c23-13-19-11-12-21(25-15-17-7-3-1-4-8-17)22(20(19)14-24)26-16-18-9-5-2-6-10-18/h11-12,17-18H,1-10,15-16H2. The van der Waals surface area contributed by atoms with E-state index < -0.39 is 0 Å². The third-order valence-corrected chi connectivity index (χ3v) is 5.74. The van der Waals surface area contributed by atoms with Crippen molar-refractivity contribution in [1.29, 1.82) is 10.5 Å². The number of nitrogens with zero attached hydrogens (tertiary/aromatic N) is 2. The van der Waals surface area contributed by atoms with Crippen LogP contribution >= 0.6 is 0 Å². The molecule has 138 valence electrons. The second kappa shape index (κ2) is 9.48. The van der Waals surface area contributed by atoms with Gasteiger partial charge in [-0.05, 0) is 49.7 Å². The van der Waals surface area contributed by atoms with E-state index >= 15 is 0 Å². The first-order chi connectivity index (χ1) is 12.8. The van der Waals surface area contributed by atoms with Gasteiger partial charge in [0, 0.05) is 0 Å². The molecule has 26 heavy (non-hydrogen) atoms. The van der Waals surface area contributed by atoms with Crippen molar-refractivity contribution in [2.45, 2.75) is 64.2 Å². The Bertz CT molecular complexity index is 675. The van der Waals surface area contributed by atoms with Crippen molar-refractivity contribution in [3.8, 4) is 23.6 Å². The van der Waals surface area contributed by atoms with Crippen LogP contribution in [0.4, 0.5) is 0 Å². The molecule has 1 aromatic rings. The van der Waals surface area contributed by atoms with Crippen molar-refractivity contribution in [1.82, 2.24) is 0 Å². The van der Waals surface area contributed by atoms with E-state index in [2.05, 4.69) is 12.1 Å². The second-order valence-corrected chi connectivity index (χ2v) is 7.67. The lowest BCUT2D eigenvalue weighted by Gasteiger charge is -2.24. The van der Waals surface area contributed by atoms with Crippen LogP contribution in [-0.2, 0) is 0 Å². The van der Waals surface area contributed by atoms with Gasteiger partial charge in [0.15, 0.2) is 11.5 Å². The maximum atomic E-state index is 9.57. The Labute approximate surface area is 156 Å². The lowest BCUT2D eigenvalue weighted by molar-refractivity contribution is 0.180. The van der Waals surface area contributed by atoms with Gasteiger partial charge in [-0.3, -0.25) is 0 Å². The van der Waals surface area contributed by atoms with Crippen LogP contribution in [0.3, 0.4) is 0 Å². The van der Waals surface area contributed by atoms with Crippen LogP contribution in [0.1, 0.15) is 75.3 Å². The monoisotopic (exact) mass is 352 g/mol. The Morgan fingerprint density at radius 3 is 1.88 bits per heavy atom. The SMILES string of the molecule is N#Cc1ccc(OCC2CCCCC2)c(OCC2CCCCC2)c1C#N. The number of nitriles is 2. The molecule has 2 saturated carbocycles. The second-order valence-electron chi connectivity index (χ2n) is 7.67. The quantitative estimate of drug-likeness (QED) is 0.692. The fourth-order valence-corrected chi connectivity index (χ4v) is 4.14. The summed E-state index contributed by atoms with van der Waals surface area (Å²) in [6.45, 7) is 1.26. The van der Waals surface area contributed by atoms with Crippen LogP contribution in [0.2, 0.25) is 0 Å². The van der Waals surface area contributed by atoms with Crippen LogP contribution in [0.25, 0.3) is 0 Å². The van der Waals surface area contributed by atoms with E-state index in [9.17, 15) is 10.5 Å². The van der Waals surface area contributed by atoms with Gasteiger partial charge in [-0.1, -0.05) is 38.5 Å². The van der Waals surface area contributed by atoms with E-state index in [1.165, 1.54) is 64.2 Å². The Morgan fingerprint density at radius 2 is 1.35 bits per heavy atom. The van der Waals surface area contributed by atoms with Crippen LogP contribution in [0.5, 0.6) is 11.5 Å². The van der Waals surface area contributed by atoms with E-state index in [0.29, 0.717) is 47.7 Å². The molecule has 3 rings (SSSR count). The molecule has 0 atom stereocenters. The van der Waals surface area contributed by atoms with Crippen molar-refractivity contribution >= 4 is 0 Å². The first-order valence-corrected chi connectivity index (χ1v) is 10.0. The predicted molar refractivity (Wildman–Crippen MR) is 100 cm³/mol.